The highest BCUT2D eigenvalue weighted by Crippen LogP contribution is 2.10. The third-order valence-corrected chi connectivity index (χ3v) is 3.09. The van der Waals surface area contributed by atoms with Gasteiger partial charge in [0.2, 0.25) is 5.95 Å². The van der Waals surface area contributed by atoms with Crippen LogP contribution in [0, 0.1) is 6.92 Å². The molecule has 0 fully saturated rings. The molecule has 20 heavy (non-hydrogen) atoms. The Kier molecular flexibility index (Phi) is 7.58. The molecule has 6 nitrogen and oxygen atoms in total. The van der Waals surface area contributed by atoms with Gasteiger partial charge >= 0.3 is 0 Å². The van der Waals surface area contributed by atoms with Gasteiger partial charge in [0.25, 0.3) is 0 Å². The van der Waals surface area contributed by atoms with Crippen LogP contribution in [0.1, 0.15) is 12.6 Å². The maximum atomic E-state index is 5.14. The largest absolute Gasteiger partial charge is 0.383 e. The molecule has 0 saturated heterocycles. The van der Waals surface area contributed by atoms with Crippen molar-refractivity contribution in [1.82, 2.24) is 14.5 Å². The van der Waals surface area contributed by atoms with E-state index >= 15 is 0 Å². The maximum absolute atomic E-state index is 5.14. The first-order chi connectivity index (χ1) is 9.56. The molecule has 0 aliphatic heterocycles. The zero-order chi connectivity index (χ0) is 15.0. The van der Waals surface area contributed by atoms with Gasteiger partial charge in [-0.2, -0.15) is 0 Å². The summed E-state index contributed by atoms with van der Waals surface area (Å²) in [5.41, 5.74) is 1.02. The van der Waals surface area contributed by atoms with E-state index in [4.69, 9.17) is 9.47 Å². The third kappa shape index (κ3) is 5.90. The molecule has 1 aromatic rings. The normalized spacial score (nSPS) is 12.9. The summed E-state index contributed by atoms with van der Waals surface area (Å²) < 4.78 is 12.4. The molecule has 0 amide bonds. The predicted octanol–water partition coefficient (Wildman–Crippen LogP) is 1.22. The summed E-state index contributed by atoms with van der Waals surface area (Å²) in [6.45, 7) is 8.33. The summed E-state index contributed by atoms with van der Waals surface area (Å²) in [5, 5.41) is 3.38. The summed E-state index contributed by atoms with van der Waals surface area (Å²) in [4.78, 5) is 6.78. The van der Waals surface area contributed by atoms with Crippen molar-refractivity contribution in [3.8, 4) is 0 Å². The molecule has 1 unspecified atom stereocenters. The molecular formula is C14H28N4O2. The van der Waals surface area contributed by atoms with Crippen molar-refractivity contribution in [3.05, 3.63) is 11.9 Å². The standard InChI is InChI=1S/C14H28N4O2/c1-12-10-18(7-6-17(3)8-9-19-4)14(15-12)16-13(2)11-20-5/h10,13H,6-9,11H2,1-5H3,(H,15,16). The average molecular weight is 284 g/mol. The van der Waals surface area contributed by atoms with Crippen LogP contribution in [0.5, 0.6) is 0 Å². The molecule has 0 bridgehead atoms. The highest BCUT2D eigenvalue weighted by molar-refractivity contribution is 5.30. The van der Waals surface area contributed by atoms with Gasteiger partial charge < -0.3 is 24.3 Å². The van der Waals surface area contributed by atoms with Gasteiger partial charge in [-0.15, -0.1) is 0 Å². The van der Waals surface area contributed by atoms with E-state index < -0.39 is 0 Å². The Morgan fingerprint density at radius 2 is 2.10 bits per heavy atom. The number of aryl methyl sites for hydroxylation is 1. The maximum Gasteiger partial charge on any atom is 0.203 e. The van der Waals surface area contributed by atoms with Crippen LogP contribution in [0.2, 0.25) is 0 Å². The minimum Gasteiger partial charge on any atom is -0.383 e. The molecule has 0 radical (unpaired) electrons. The molecule has 116 valence electrons. The summed E-state index contributed by atoms with van der Waals surface area (Å²) in [5.74, 6) is 0.909. The van der Waals surface area contributed by atoms with Gasteiger partial charge in [0, 0.05) is 46.1 Å². The van der Waals surface area contributed by atoms with Crippen LogP contribution in [0.25, 0.3) is 0 Å². The Bertz CT molecular complexity index is 381. The average Bonchev–Trinajstić information content (AvgIpc) is 2.74. The topological polar surface area (TPSA) is 51.5 Å². The van der Waals surface area contributed by atoms with E-state index in [0.29, 0.717) is 6.61 Å². The number of nitrogens with one attached hydrogen (secondary N) is 1. The molecule has 1 heterocycles. The molecule has 1 N–H and O–H groups in total. The first kappa shape index (κ1) is 16.9. The Hall–Kier alpha value is -1.11. The zero-order valence-corrected chi connectivity index (χ0v) is 13.3. The van der Waals surface area contributed by atoms with E-state index in [1.54, 1.807) is 14.2 Å². The second-order valence-corrected chi connectivity index (χ2v) is 5.20. The van der Waals surface area contributed by atoms with Crippen LogP contribution in [-0.4, -0.2) is 68.1 Å². The van der Waals surface area contributed by atoms with Crippen LogP contribution >= 0.6 is 0 Å². The van der Waals surface area contributed by atoms with Crippen molar-refractivity contribution in [2.24, 2.45) is 0 Å². The van der Waals surface area contributed by atoms with Gasteiger partial charge in [-0.05, 0) is 20.9 Å². The van der Waals surface area contributed by atoms with Crippen LogP contribution < -0.4 is 5.32 Å². The van der Waals surface area contributed by atoms with Crippen molar-refractivity contribution < 1.29 is 9.47 Å². The van der Waals surface area contributed by atoms with Crippen LogP contribution in [-0.2, 0) is 16.0 Å². The van der Waals surface area contributed by atoms with E-state index in [1.807, 2.05) is 6.92 Å². The van der Waals surface area contributed by atoms with Crippen LogP contribution in [0.3, 0.4) is 0 Å². The van der Waals surface area contributed by atoms with Crippen molar-refractivity contribution in [2.75, 3.05) is 52.9 Å². The highest BCUT2D eigenvalue weighted by Gasteiger charge is 2.09. The molecule has 0 spiro atoms. The van der Waals surface area contributed by atoms with E-state index in [2.05, 4.69) is 39.9 Å². The number of imidazole rings is 1. The van der Waals surface area contributed by atoms with E-state index in [0.717, 1.165) is 37.9 Å². The predicted molar refractivity (Wildman–Crippen MR) is 81.3 cm³/mol. The lowest BCUT2D eigenvalue weighted by Gasteiger charge is -2.18. The number of ether oxygens (including phenoxy) is 2. The first-order valence-corrected chi connectivity index (χ1v) is 7.03. The third-order valence-electron chi connectivity index (χ3n) is 3.09. The number of hydrogen-bond acceptors (Lipinski definition) is 5. The van der Waals surface area contributed by atoms with Gasteiger partial charge in [-0.3, -0.25) is 0 Å². The van der Waals surface area contributed by atoms with Crippen LogP contribution in [0.15, 0.2) is 6.20 Å². The summed E-state index contributed by atoms with van der Waals surface area (Å²) in [6, 6.07) is 0.242. The number of likely N-dealkylation sites (N-methyl/N-ethyl adjacent to an activating group) is 1. The number of aromatic nitrogens is 2. The molecule has 1 aromatic heterocycles. The first-order valence-electron chi connectivity index (χ1n) is 7.03. The number of anilines is 1. The van der Waals surface area contributed by atoms with E-state index in [9.17, 15) is 0 Å². The van der Waals surface area contributed by atoms with Gasteiger partial charge in [0.1, 0.15) is 0 Å². The minimum absolute atomic E-state index is 0.242. The van der Waals surface area contributed by atoms with Crippen LogP contribution in [0.4, 0.5) is 5.95 Å². The number of methoxy groups -OCH3 is 2. The molecule has 0 aliphatic rings. The molecule has 1 atom stereocenters. The summed E-state index contributed by atoms with van der Waals surface area (Å²) in [6.07, 6.45) is 2.08. The molecule has 1 rings (SSSR count). The summed E-state index contributed by atoms with van der Waals surface area (Å²) in [7, 11) is 5.54. The van der Waals surface area contributed by atoms with Crippen molar-refractivity contribution >= 4 is 5.95 Å². The van der Waals surface area contributed by atoms with Gasteiger partial charge in [-0.25, -0.2) is 4.98 Å². The Morgan fingerprint density at radius 3 is 2.75 bits per heavy atom. The molecule has 6 heteroatoms. The number of hydrogen-bond donors (Lipinski definition) is 1. The monoisotopic (exact) mass is 284 g/mol. The van der Waals surface area contributed by atoms with Crippen molar-refractivity contribution in [3.63, 3.8) is 0 Å². The second kappa shape index (κ2) is 8.94. The Labute approximate surface area is 122 Å². The van der Waals surface area contributed by atoms with Gasteiger partial charge in [-0.1, -0.05) is 0 Å². The lowest BCUT2D eigenvalue weighted by Crippen LogP contribution is -2.28. The fourth-order valence-electron chi connectivity index (χ4n) is 1.98. The van der Waals surface area contributed by atoms with Gasteiger partial charge in [0.15, 0.2) is 0 Å². The fraction of sp³-hybridized carbons (Fsp3) is 0.786. The quantitative estimate of drug-likeness (QED) is 0.700. The van der Waals surface area contributed by atoms with Crippen molar-refractivity contribution in [2.45, 2.75) is 26.4 Å². The highest BCUT2D eigenvalue weighted by atomic mass is 16.5. The van der Waals surface area contributed by atoms with E-state index in [-0.39, 0.29) is 6.04 Å². The number of nitrogens with zero attached hydrogens (tertiary/aromatic N) is 3. The molecular weight excluding hydrogens is 256 g/mol. The molecule has 0 aliphatic carbocycles. The van der Waals surface area contributed by atoms with Gasteiger partial charge in [0.05, 0.1) is 18.9 Å². The molecule has 0 saturated carbocycles. The summed E-state index contributed by atoms with van der Waals surface area (Å²) >= 11 is 0. The zero-order valence-electron chi connectivity index (χ0n) is 13.3. The lowest BCUT2D eigenvalue weighted by molar-refractivity contribution is 0.159. The minimum atomic E-state index is 0.242. The Balaban J connectivity index is 2.52. The SMILES string of the molecule is COCCN(C)CCn1cc(C)nc1NC(C)COC. The molecule has 0 aromatic carbocycles. The van der Waals surface area contributed by atoms with E-state index in [1.165, 1.54) is 0 Å². The second-order valence-electron chi connectivity index (χ2n) is 5.20. The van der Waals surface area contributed by atoms with Crippen molar-refractivity contribution in [1.29, 1.82) is 0 Å². The number of rotatable bonds is 10. The Morgan fingerprint density at radius 1 is 1.35 bits per heavy atom. The lowest BCUT2D eigenvalue weighted by atomic mass is 10.4. The fourth-order valence-corrected chi connectivity index (χ4v) is 1.98. The smallest absolute Gasteiger partial charge is 0.203 e.